The van der Waals surface area contributed by atoms with Crippen molar-refractivity contribution in [3.8, 4) is 0 Å². The highest BCUT2D eigenvalue weighted by molar-refractivity contribution is 7.99. The lowest BCUT2D eigenvalue weighted by molar-refractivity contribution is -0.137. The van der Waals surface area contributed by atoms with E-state index in [1.807, 2.05) is 30.3 Å². The highest BCUT2D eigenvalue weighted by Gasteiger charge is 2.15. The molecule has 4 N–H and O–H groups in total. The fraction of sp³-hybridized carbons (Fsp3) is 0.304. The number of hydrogen-bond donors (Lipinski definition) is 4. The SMILES string of the molecule is CC(C)=C(CNC(=O)Cn1c(C)ccc(NSCc2ccccc2)c1=O)N(C=N)CC(=O)O. The van der Waals surface area contributed by atoms with E-state index >= 15 is 0 Å². The predicted molar refractivity (Wildman–Crippen MR) is 131 cm³/mol. The number of aryl methyl sites for hydroxylation is 1. The Bertz CT molecular complexity index is 1080. The summed E-state index contributed by atoms with van der Waals surface area (Å²) >= 11 is 1.39. The van der Waals surface area contributed by atoms with E-state index in [9.17, 15) is 14.4 Å². The highest BCUT2D eigenvalue weighted by Crippen LogP contribution is 2.14. The van der Waals surface area contributed by atoms with Gasteiger partial charge in [0, 0.05) is 17.1 Å². The van der Waals surface area contributed by atoms with Crippen molar-refractivity contribution < 1.29 is 14.7 Å². The smallest absolute Gasteiger partial charge is 0.323 e. The van der Waals surface area contributed by atoms with Crippen LogP contribution in [-0.2, 0) is 21.9 Å². The number of carbonyl (C=O) groups excluding carboxylic acids is 1. The van der Waals surface area contributed by atoms with Crippen molar-refractivity contribution in [2.75, 3.05) is 17.8 Å². The number of benzene rings is 1. The Labute approximate surface area is 197 Å². The van der Waals surface area contributed by atoms with Crippen molar-refractivity contribution in [2.24, 2.45) is 0 Å². The van der Waals surface area contributed by atoms with Crippen LogP contribution in [0.5, 0.6) is 0 Å². The maximum Gasteiger partial charge on any atom is 0.323 e. The van der Waals surface area contributed by atoms with Crippen LogP contribution in [0.25, 0.3) is 0 Å². The third-order valence-corrected chi connectivity index (χ3v) is 5.64. The normalized spacial score (nSPS) is 10.3. The summed E-state index contributed by atoms with van der Waals surface area (Å²) in [6.07, 6.45) is 0.916. The van der Waals surface area contributed by atoms with Crippen LogP contribution in [0.4, 0.5) is 5.69 Å². The number of pyridine rings is 1. The third-order valence-electron chi connectivity index (χ3n) is 4.80. The Morgan fingerprint density at radius 2 is 1.88 bits per heavy atom. The van der Waals surface area contributed by atoms with Crippen molar-refractivity contribution in [2.45, 2.75) is 33.1 Å². The maximum absolute atomic E-state index is 12.9. The average Bonchev–Trinajstić information content (AvgIpc) is 2.77. The number of carbonyl (C=O) groups is 2. The van der Waals surface area contributed by atoms with Crippen LogP contribution in [0.1, 0.15) is 25.1 Å². The number of rotatable bonds is 12. The summed E-state index contributed by atoms with van der Waals surface area (Å²) in [7, 11) is 0. The second kappa shape index (κ2) is 12.5. The zero-order valence-electron chi connectivity index (χ0n) is 18.9. The van der Waals surface area contributed by atoms with Gasteiger partial charge in [-0.15, -0.1) is 0 Å². The molecule has 2 rings (SSSR count). The molecule has 176 valence electrons. The first-order valence-corrected chi connectivity index (χ1v) is 11.3. The van der Waals surface area contributed by atoms with Gasteiger partial charge in [-0.25, -0.2) is 0 Å². The molecule has 0 fully saturated rings. The summed E-state index contributed by atoms with van der Waals surface area (Å²) in [6.45, 7) is 4.78. The van der Waals surface area contributed by atoms with Crippen LogP contribution in [-0.4, -0.2) is 45.9 Å². The minimum absolute atomic E-state index is 0.0441. The minimum atomic E-state index is -1.08. The van der Waals surface area contributed by atoms with Gasteiger partial charge in [0.25, 0.3) is 5.56 Å². The fourth-order valence-corrected chi connectivity index (χ4v) is 3.77. The quantitative estimate of drug-likeness (QED) is 0.213. The van der Waals surface area contributed by atoms with Crippen LogP contribution in [0.2, 0.25) is 0 Å². The molecule has 0 saturated heterocycles. The van der Waals surface area contributed by atoms with Gasteiger partial charge in [0.15, 0.2) is 0 Å². The first-order chi connectivity index (χ1) is 15.7. The highest BCUT2D eigenvalue weighted by atomic mass is 32.2. The molecule has 0 radical (unpaired) electrons. The van der Waals surface area contributed by atoms with Gasteiger partial charge >= 0.3 is 5.97 Å². The number of nitrogens with zero attached hydrogens (tertiary/aromatic N) is 2. The standard InChI is InChI=1S/C23H29N5O4S/c1-16(2)20(27(15-24)13-22(30)31)11-25-21(29)12-28-17(3)9-10-19(23(28)32)26-33-14-18-7-5-4-6-8-18/h4-10,15,24,26H,11-14H2,1-3H3,(H,25,29)(H,30,31). The number of nitrogens with one attached hydrogen (secondary N) is 3. The van der Waals surface area contributed by atoms with Crippen molar-refractivity contribution in [3.05, 3.63) is 75.3 Å². The molecule has 9 nitrogen and oxygen atoms in total. The van der Waals surface area contributed by atoms with E-state index in [0.717, 1.165) is 17.5 Å². The topological polar surface area (TPSA) is 128 Å². The Kier molecular flexibility index (Phi) is 9.74. The van der Waals surface area contributed by atoms with Gasteiger partial charge in [0.1, 0.15) is 18.8 Å². The van der Waals surface area contributed by atoms with Gasteiger partial charge < -0.3 is 24.6 Å². The molecule has 33 heavy (non-hydrogen) atoms. The zero-order valence-corrected chi connectivity index (χ0v) is 19.7. The van der Waals surface area contributed by atoms with E-state index in [1.54, 1.807) is 32.9 Å². The average molecular weight is 472 g/mol. The van der Waals surface area contributed by atoms with Crippen molar-refractivity contribution in [1.82, 2.24) is 14.8 Å². The molecule has 1 amide bonds. The number of carboxylic acids is 1. The second-order valence-electron chi connectivity index (χ2n) is 7.53. The summed E-state index contributed by atoms with van der Waals surface area (Å²) in [5.41, 5.74) is 3.13. The number of allylic oxidation sites excluding steroid dienone is 1. The number of aromatic nitrogens is 1. The van der Waals surface area contributed by atoms with E-state index in [0.29, 0.717) is 22.8 Å². The largest absolute Gasteiger partial charge is 0.480 e. The Balaban J connectivity index is 2.03. The third kappa shape index (κ3) is 7.83. The number of anilines is 1. The monoisotopic (exact) mass is 471 g/mol. The van der Waals surface area contributed by atoms with Crippen LogP contribution in [0.15, 0.2) is 58.5 Å². The molecular weight excluding hydrogens is 442 g/mol. The van der Waals surface area contributed by atoms with Gasteiger partial charge in [-0.1, -0.05) is 35.9 Å². The predicted octanol–water partition coefficient (Wildman–Crippen LogP) is 2.82. The van der Waals surface area contributed by atoms with Gasteiger partial charge in [-0.2, -0.15) is 0 Å². The number of aliphatic carboxylic acids is 1. The van der Waals surface area contributed by atoms with Gasteiger partial charge in [-0.3, -0.25) is 19.8 Å². The summed E-state index contributed by atoms with van der Waals surface area (Å²) in [5.74, 6) is -0.798. The summed E-state index contributed by atoms with van der Waals surface area (Å²) in [6, 6.07) is 13.3. The molecule has 0 bridgehead atoms. The molecule has 0 atom stereocenters. The van der Waals surface area contributed by atoms with E-state index in [2.05, 4.69) is 10.0 Å². The van der Waals surface area contributed by atoms with E-state index in [1.165, 1.54) is 21.4 Å². The summed E-state index contributed by atoms with van der Waals surface area (Å²) in [5, 5.41) is 19.2. The Morgan fingerprint density at radius 3 is 2.48 bits per heavy atom. The first-order valence-electron chi connectivity index (χ1n) is 10.3. The van der Waals surface area contributed by atoms with Crippen LogP contribution >= 0.6 is 11.9 Å². The first kappa shape index (κ1) is 25.7. The lowest BCUT2D eigenvalue weighted by atomic mass is 10.2. The van der Waals surface area contributed by atoms with Crippen LogP contribution in [0.3, 0.4) is 0 Å². The van der Waals surface area contributed by atoms with Gasteiger partial charge in [-0.05, 0) is 50.4 Å². The fourth-order valence-electron chi connectivity index (χ4n) is 3.03. The molecule has 0 aliphatic carbocycles. The number of hydrogen-bond acceptors (Lipinski definition) is 6. The van der Waals surface area contributed by atoms with Crippen molar-refractivity contribution in [3.63, 3.8) is 0 Å². The molecule has 10 heteroatoms. The van der Waals surface area contributed by atoms with Crippen LogP contribution in [0, 0.1) is 12.3 Å². The molecule has 1 aromatic heterocycles. The Morgan fingerprint density at radius 1 is 1.18 bits per heavy atom. The summed E-state index contributed by atoms with van der Waals surface area (Å²) < 4.78 is 4.45. The van der Waals surface area contributed by atoms with Crippen molar-refractivity contribution >= 4 is 35.9 Å². The lowest BCUT2D eigenvalue weighted by Gasteiger charge is -2.23. The minimum Gasteiger partial charge on any atom is -0.480 e. The number of carboxylic acid groups (broad SMARTS) is 1. The molecule has 0 aliphatic rings. The molecule has 0 unspecified atom stereocenters. The Hall–Kier alpha value is -3.53. The lowest BCUT2D eigenvalue weighted by Crippen LogP contribution is -2.38. The maximum atomic E-state index is 12.9. The molecule has 0 spiro atoms. The van der Waals surface area contributed by atoms with Gasteiger partial charge in [0.2, 0.25) is 5.91 Å². The van der Waals surface area contributed by atoms with E-state index < -0.39 is 11.9 Å². The molecule has 2 aromatic rings. The van der Waals surface area contributed by atoms with Crippen LogP contribution < -0.4 is 15.6 Å². The number of amides is 1. The molecule has 1 aromatic carbocycles. The van der Waals surface area contributed by atoms with E-state index in [4.69, 9.17) is 10.5 Å². The zero-order chi connectivity index (χ0) is 24.4. The molecule has 1 heterocycles. The van der Waals surface area contributed by atoms with Crippen molar-refractivity contribution in [1.29, 1.82) is 5.41 Å². The summed E-state index contributed by atoms with van der Waals surface area (Å²) in [4.78, 5) is 37.8. The van der Waals surface area contributed by atoms with E-state index in [-0.39, 0.29) is 25.2 Å². The van der Waals surface area contributed by atoms with Gasteiger partial charge in [0.05, 0.1) is 12.9 Å². The molecule has 0 saturated carbocycles. The molecule has 0 aliphatic heterocycles. The second-order valence-corrected chi connectivity index (χ2v) is 8.31. The molecular formula is C23H29N5O4S.